The third kappa shape index (κ3) is 4.25. The number of aromatic nitrogens is 1. The molecule has 0 aliphatic rings. The van der Waals surface area contributed by atoms with E-state index in [1.54, 1.807) is 24.4 Å². The Balaban J connectivity index is 2.13. The van der Waals surface area contributed by atoms with Crippen molar-refractivity contribution >= 4 is 29.1 Å². The van der Waals surface area contributed by atoms with Gasteiger partial charge in [-0.1, -0.05) is 29.4 Å². The number of benzene rings is 1. The fourth-order valence-corrected chi connectivity index (χ4v) is 2.51. The smallest absolute Gasteiger partial charge is 0.145 e. The first-order valence-corrected chi connectivity index (χ1v) is 7.07. The summed E-state index contributed by atoms with van der Waals surface area (Å²) in [6, 6.07) is 14.6. The molecule has 1 N–H and O–H groups in total. The molecule has 0 saturated carbocycles. The van der Waals surface area contributed by atoms with E-state index in [0.717, 1.165) is 9.92 Å². The minimum atomic E-state index is -0.00180. The molecule has 0 unspecified atom stereocenters. The van der Waals surface area contributed by atoms with Crippen molar-refractivity contribution in [1.82, 2.24) is 4.98 Å². The SMILES string of the molecule is N#CC(C#N)=CNc1ccc(Sc2ccccn2)c(Cl)c1. The lowest BCUT2D eigenvalue weighted by Gasteiger charge is -2.06. The fourth-order valence-electron chi connectivity index (χ4n) is 1.44. The van der Waals surface area contributed by atoms with Crippen molar-refractivity contribution in [2.75, 3.05) is 5.32 Å². The van der Waals surface area contributed by atoms with Crippen LogP contribution < -0.4 is 5.32 Å². The summed E-state index contributed by atoms with van der Waals surface area (Å²) in [6.45, 7) is 0. The topological polar surface area (TPSA) is 72.5 Å². The molecule has 4 nitrogen and oxygen atoms in total. The van der Waals surface area contributed by atoms with Gasteiger partial charge in [0.25, 0.3) is 0 Å². The number of rotatable bonds is 4. The Morgan fingerprint density at radius 2 is 2.05 bits per heavy atom. The van der Waals surface area contributed by atoms with Crippen LogP contribution in [0.3, 0.4) is 0 Å². The zero-order valence-corrected chi connectivity index (χ0v) is 12.3. The summed E-state index contributed by atoms with van der Waals surface area (Å²) in [6.07, 6.45) is 3.07. The van der Waals surface area contributed by atoms with Crippen LogP contribution in [0.5, 0.6) is 0 Å². The third-order valence-electron chi connectivity index (χ3n) is 2.41. The number of allylic oxidation sites excluding steroid dienone is 1. The van der Waals surface area contributed by atoms with E-state index in [1.807, 2.05) is 30.3 Å². The lowest BCUT2D eigenvalue weighted by molar-refractivity contribution is 1.13. The van der Waals surface area contributed by atoms with E-state index >= 15 is 0 Å². The number of nitrogens with zero attached hydrogens (tertiary/aromatic N) is 3. The summed E-state index contributed by atoms with van der Waals surface area (Å²) in [5.41, 5.74) is 0.700. The van der Waals surface area contributed by atoms with E-state index in [1.165, 1.54) is 18.0 Å². The number of halogens is 1. The normalized spacial score (nSPS) is 9.29. The van der Waals surface area contributed by atoms with E-state index in [2.05, 4.69) is 10.3 Å². The molecule has 0 radical (unpaired) electrons. The number of pyridine rings is 1. The van der Waals surface area contributed by atoms with Crippen molar-refractivity contribution in [2.45, 2.75) is 9.92 Å². The molecule has 0 bridgehead atoms. The van der Waals surface area contributed by atoms with Crippen molar-refractivity contribution < 1.29 is 0 Å². The lowest BCUT2D eigenvalue weighted by atomic mass is 10.3. The van der Waals surface area contributed by atoms with Crippen LogP contribution in [0.25, 0.3) is 0 Å². The van der Waals surface area contributed by atoms with Gasteiger partial charge in [-0.15, -0.1) is 0 Å². The van der Waals surface area contributed by atoms with E-state index in [-0.39, 0.29) is 5.57 Å². The van der Waals surface area contributed by atoms with E-state index in [4.69, 9.17) is 22.1 Å². The minimum absolute atomic E-state index is 0.00180. The Labute approximate surface area is 131 Å². The quantitative estimate of drug-likeness (QED) is 0.855. The van der Waals surface area contributed by atoms with Crippen LogP contribution in [0, 0.1) is 22.7 Å². The first-order valence-electron chi connectivity index (χ1n) is 5.88. The summed E-state index contributed by atoms with van der Waals surface area (Å²) in [4.78, 5) is 5.11. The monoisotopic (exact) mass is 312 g/mol. The molecule has 0 amide bonds. The van der Waals surface area contributed by atoms with Gasteiger partial charge in [0.2, 0.25) is 0 Å². The highest BCUT2D eigenvalue weighted by atomic mass is 35.5. The van der Waals surface area contributed by atoms with Crippen LogP contribution in [0.15, 0.2) is 64.3 Å². The highest BCUT2D eigenvalue weighted by Crippen LogP contribution is 2.33. The molecule has 6 heteroatoms. The van der Waals surface area contributed by atoms with Gasteiger partial charge in [-0.2, -0.15) is 10.5 Å². The molecular formula is C15H9ClN4S. The summed E-state index contributed by atoms with van der Waals surface area (Å²) >= 11 is 7.69. The number of hydrogen-bond donors (Lipinski definition) is 1. The summed E-state index contributed by atoms with van der Waals surface area (Å²) in [5.74, 6) is 0. The Morgan fingerprint density at radius 1 is 1.24 bits per heavy atom. The van der Waals surface area contributed by atoms with Gasteiger partial charge in [-0.25, -0.2) is 4.98 Å². The first-order chi connectivity index (χ1) is 10.2. The average Bonchev–Trinajstić information content (AvgIpc) is 2.52. The number of hydrogen-bond acceptors (Lipinski definition) is 5. The number of anilines is 1. The number of nitrogens with one attached hydrogen (secondary N) is 1. The second-order valence-electron chi connectivity index (χ2n) is 3.84. The molecule has 0 atom stereocenters. The van der Waals surface area contributed by atoms with Crippen LogP contribution in [0.2, 0.25) is 5.02 Å². The van der Waals surface area contributed by atoms with Crippen molar-refractivity contribution in [2.24, 2.45) is 0 Å². The molecule has 102 valence electrons. The van der Waals surface area contributed by atoms with Crippen molar-refractivity contribution in [3.63, 3.8) is 0 Å². The Morgan fingerprint density at radius 3 is 2.67 bits per heavy atom. The van der Waals surface area contributed by atoms with E-state index in [9.17, 15) is 0 Å². The van der Waals surface area contributed by atoms with Gasteiger partial charge in [-0.3, -0.25) is 0 Å². The maximum atomic E-state index is 8.65. The maximum Gasteiger partial charge on any atom is 0.145 e. The van der Waals surface area contributed by atoms with Gasteiger partial charge in [0, 0.05) is 23.0 Å². The predicted octanol–water partition coefficient (Wildman–Crippen LogP) is 4.23. The molecule has 0 spiro atoms. The van der Waals surface area contributed by atoms with Gasteiger partial charge in [0.05, 0.1) is 5.02 Å². The highest BCUT2D eigenvalue weighted by Gasteiger charge is 2.04. The van der Waals surface area contributed by atoms with E-state index < -0.39 is 0 Å². The summed E-state index contributed by atoms with van der Waals surface area (Å²) < 4.78 is 0. The van der Waals surface area contributed by atoms with Gasteiger partial charge >= 0.3 is 0 Å². The van der Waals surface area contributed by atoms with Crippen LogP contribution in [0.1, 0.15) is 0 Å². The molecule has 21 heavy (non-hydrogen) atoms. The minimum Gasteiger partial charge on any atom is -0.360 e. The third-order valence-corrected chi connectivity index (χ3v) is 3.86. The summed E-state index contributed by atoms with van der Waals surface area (Å²) in [5, 5.41) is 21.6. The lowest BCUT2D eigenvalue weighted by Crippen LogP contribution is -1.90. The first kappa shape index (κ1) is 14.9. The molecule has 1 heterocycles. The molecule has 1 aromatic carbocycles. The van der Waals surface area contributed by atoms with Gasteiger partial charge < -0.3 is 5.32 Å². The van der Waals surface area contributed by atoms with Gasteiger partial charge in [-0.05, 0) is 30.3 Å². The zero-order valence-electron chi connectivity index (χ0n) is 10.7. The predicted molar refractivity (Wildman–Crippen MR) is 82.7 cm³/mol. The van der Waals surface area contributed by atoms with Crippen LogP contribution in [0.4, 0.5) is 5.69 Å². The average molecular weight is 313 g/mol. The fraction of sp³-hybridized carbons (Fsp3) is 0. The Bertz CT molecular complexity index is 729. The zero-order chi connectivity index (χ0) is 15.1. The molecular weight excluding hydrogens is 304 g/mol. The Kier molecular flexibility index (Phi) is 5.22. The molecule has 2 aromatic rings. The van der Waals surface area contributed by atoms with E-state index in [0.29, 0.717) is 10.7 Å². The largest absolute Gasteiger partial charge is 0.360 e. The molecule has 0 saturated heterocycles. The van der Waals surface area contributed by atoms with Crippen LogP contribution in [-0.2, 0) is 0 Å². The molecule has 1 aromatic heterocycles. The van der Waals surface area contributed by atoms with Gasteiger partial charge in [0.15, 0.2) is 0 Å². The molecule has 0 aliphatic carbocycles. The van der Waals surface area contributed by atoms with Crippen LogP contribution in [-0.4, -0.2) is 4.98 Å². The second-order valence-corrected chi connectivity index (χ2v) is 5.31. The highest BCUT2D eigenvalue weighted by molar-refractivity contribution is 7.99. The van der Waals surface area contributed by atoms with Gasteiger partial charge in [0.1, 0.15) is 22.7 Å². The Hall–Kier alpha value is -2.47. The van der Waals surface area contributed by atoms with Crippen molar-refractivity contribution in [3.05, 3.63) is 59.4 Å². The number of nitriles is 2. The van der Waals surface area contributed by atoms with Crippen molar-refractivity contribution in [3.8, 4) is 12.1 Å². The molecule has 2 rings (SSSR count). The standard InChI is InChI=1S/C15H9ClN4S/c16-13-7-12(20-10-11(8-17)9-18)4-5-14(13)21-15-3-1-2-6-19-15/h1-7,10,20H. The maximum absolute atomic E-state index is 8.65. The molecule has 0 aliphatic heterocycles. The van der Waals surface area contributed by atoms with Crippen LogP contribution >= 0.6 is 23.4 Å². The second kappa shape index (κ2) is 7.35. The van der Waals surface area contributed by atoms with Crippen molar-refractivity contribution in [1.29, 1.82) is 10.5 Å². The summed E-state index contributed by atoms with van der Waals surface area (Å²) in [7, 11) is 0. The molecule has 0 fully saturated rings.